The third-order valence-corrected chi connectivity index (χ3v) is 3.88. The molecule has 0 radical (unpaired) electrons. The molecule has 2 atom stereocenters. The van der Waals surface area contributed by atoms with Crippen molar-refractivity contribution in [3.63, 3.8) is 0 Å². The first-order valence-corrected chi connectivity index (χ1v) is 7.11. The van der Waals surface area contributed by atoms with E-state index >= 15 is 0 Å². The van der Waals surface area contributed by atoms with Gasteiger partial charge in [0.1, 0.15) is 5.92 Å². The third kappa shape index (κ3) is 3.50. The minimum Gasteiger partial charge on any atom is -0.481 e. The molecule has 2 aromatic rings. The van der Waals surface area contributed by atoms with Crippen LogP contribution in [0.25, 0.3) is 0 Å². The molecule has 0 bridgehead atoms. The first-order valence-electron chi connectivity index (χ1n) is 7.11. The molecule has 2 N–H and O–H groups in total. The molecule has 3 heteroatoms. The van der Waals surface area contributed by atoms with E-state index in [1.807, 2.05) is 43.3 Å². The Morgan fingerprint density at radius 3 is 2.05 bits per heavy atom. The molecule has 0 spiro atoms. The molecule has 2 rings (SSSR count). The molecule has 0 heterocycles. The minimum atomic E-state index is -1.31. The Kier molecular flexibility index (Phi) is 4.76. The third-order valence-electron chi connectivity index (χ3n) is 3.88. The molecule has 0 aliphatic carbocycles. The maximum absolute atomic E-state index is 11.7. The Morgan fingerprint density at radius 1 is 1.05 bits per heavy atom. The maximum Gasteiger partial charge on any atom is 0.313 e. The molecule has 0 fully saturated rings. The predicted molar refractivity (Wildman–Crippen MR) is 82.2 cm³/mol. The van der Waals surface area contributed by atoms with Crippen molar-refractivity contribution in [3.05, 3.63) is 71.8 Å². The van der Waals surface area contributed by atoms with Crippen molar-refractivity contribution < 1.29 is 15.0 Å². The number of carboxylic acids is 1. The molecule has 0 aliphatic rings. The van der Waals surface area contributed by atoms with E-state index < -0.39 is 17.5 Å². The zero-order chi connectivity index (χ0) is 15.3. The standard InChI is InChI=1S/C18H20O3/c1-2-18(21,13-14-9-5-3-6-10-14)16(17(19)20)15-11-7-4-8-12-15/h3-12,16,21H,2,13H2,1H3,(H,19,20)/t16-,18-/m1/s1. The van der Waals surface area contributed by atoms with E-state index in [9.17, 15) is 15.0 Å². The second-order valence-electron chi connectivity index (χ2n) is 5.30. The van der Waals surface area contributed by atoms with Crippen molar-refractivity contribution in [1.82, 2.24) is 0 Å². The summed E-state index contributed by atoms with van der Waals surface area (Å²) >= 11 is 0. The lowest BCUT2D eigenvalue weighted by Gasteiger charge is -2.33. The highest BCUT2D eigenvalue weighted by Crippen LogP contribution is 2.34. The molecular formula is C18H20O3. The van der Waals surface area contributed by atoms with Gasteiger partial charge in [-0.3, -0.25) is 4.79 Å². The molecule has 0 amide bonds. The molecular weight excluding hydrogens is 264 g/mol. The van der Waals surface area contributed by atoms with Crippen molar-refractivity contribution in [2.45, 2.75) is 31.3 Å². The Labute approximate surface area is 124 Å². The van der Waals surface area contributed by atoms with Crippen LogP contribution in [0.2, 0.25) is 0 Å². The monoisotopic (exact) mass is 284 g/mol. The summed E-state index contributed by atoms with van der Waals surface area (Å²) in [4.78, 5) is 11.7. The highest BCUT2D eigenvalue weighted by atomic mass is 16.4. The first kappa shape index (κ1) is 15.3. The van der Waals surface area contributed by atoms with E-state index in [-0.39, 0.29) is 0 Å². The van der Waals surface area contributed by atoms with Crippen LogP contribution in [-0.4, -0.2) is 21.8 Å². The SMILES string of the molecule is CC[C@@](O)(Cc1ccccc1)[C@@H](C(=O)O)c1ccccc1. The number of hydrogen-bond donors (Lipinski definition) is 2. The number of carboxylic acid groups (broad SMARTS) is 1. The Balaban J connectivity index is 2.37. The lowest BCUT2D eigenvalue weighted by atomic mass is 9.76. The van der Waals surface area contributed by atoms with Gasteiger partial charge in [0.25, 0.3) is 0 Å². The summed E-state index contributed by atoms with van der Waals surface area (Å²) < 4.78 is 0. The fraction of sp³-hybridized carbons (Fsp3) is 0.278. The second kappa shape index (κ2) is 6.55. The van der Waals surface area contributed by atoms with Crippen molar-refractivity contribution in [2.24, 2.45) is 0 Å². The summed E-state index contributed by atoms with van der Waals surface area (Å²) in [5.74, 6) is -1.94. The van der Waals surface area contributed by atoms with Gasteiger partial charge in [0.15, 0.2) is 0 Å². The van der Waals surface area contributed by atoms with E-state index in [1.165, 1.54) is 0 Å². The van der Waals surface area contributed by atoms with Crippen LogP contribution in [0, 0.1) is 0 Å². The first-order chi connectivity index (χ1) is 10.1. The molecule has 2 aromatic carbocycles. The number of carbonyl (C=O) groups is 1. The minimum absolute atomic E-state index is 0.316. The van der Waals surface area contributed by atoms with Crippen molar-refractivity contribution in [3.8, 4) is 0 Å². The van der Waals surface area contributed by atoms with Gasteiger partial charge in [0.2, 0.25) is 0 Å². The lowest BCUT2D eigenvalue weighted by molar-refractivity contribution is -0.146. The van der Waals surface area contributed by atoms with Crippen LogP contribution in [0.3, 0.4) is 0 Å². The van der Waals surface area contributed by atoms with Gasteiger partial charge in [-0.1, -0.05) is 67.6 Å². The van der Waals surface area contributed by atoms with Crippen LogP contribution < -0.4 is 0 Å². The summed E-state index contributed by atoms with van der Waals surface area (Å²) in [5, 5.41) is 20.6. The van der Waals surface area contributed by atoms with Gasteiger partial charge in [-0.05, 0) is 17.5 Å². The highest BCUT2D eigenvalue weighted by Gasteiger charge is 2.41. The van der Waals surface area contributed by atoms with Gasteiger partial charge in [-0.15, -0.1) is 0 Å². The van der Waals surface area contributed by atoms with E-state index in [0.717, 1.165) is 5.56 Å². The van der Waals surface area contributed by atoms with Gasteiger partial charge in [0, 0.05) is 6.42 Å². The average molecular weight is 284 g/mol. The van der Waals surface area contributed by atoms with Gasteiger partial charge in [0.05, 0.1) is 5.60 Å². The molecule has 21 heavy (non-hydrogen) atoms. The van der Waals surface area contributed by atoms with Gasteiger partial charge in [-0.25, -0.2) is 0 Å². The smallest absolute Gasteiger partial charge is 0.313 e. The zero-order valence-electron chi connectivity index (χ0n) is 12.1. The van der Waals surface area contributed by atoms with Crippen LogP contribution in [0.1, 0.15) is 30.4 Å². The van der Waals surface area contributed by atoms with Gasteiger partial charge < -0.3 is 10.2 Å². The number of rotatable bonds is 6. The van der Waals surface area contributed by atoms with Crippen molar-refractivity contribution in [1.29, 1.82) is 0 Å². The molecule has 0 aliphatic heterocycles. The average Bonchev–Trinajstić information content (AvgIpc) is 2.49. The van der Waals surface area contributed by atoms with Crippen LogP contribution >= 0.6 is 0 Å². The predicted octanol–water partition coefficient (Wildman–Crippen LogP) is 3.24. The Hall–Kier alpha value is -2.13. The molecule has 110 valence electrons. The van der Waals surface area contributed by atoms with Crippen molar-refractivity contribution in [2.75, 3.05) is 0 Å². The Morgan fingerprint density at radius 2 is 1.57 bits per heavy atom. The van der Waals surface area contributed by atoms with Crippen LogP contribution in [0.5, 0.6) is 0 Å². The lowest BCUT2D eigenvalue weighted by Crippen LogP contribution is -2.42. The Bertz CT molecular complexity index is 580. The molecule has 0 saturated heterocycles. The number of aliphatic carboxylic acids is 1. The van der Waals surface area contributed by atoms with Crippen LogP contribution in [0.4, 0.5) is 0 Å². The van der Waals surface area contributed by atoms with E-state index in [1.54, 1.807) is 24.3 Å². The van der Waals surface area contributed by atoms with E-state index in [2.05, 4.69) is 0 Å². The van der Waals surface area contributed by atoms with Gasteiger partial charge >= 0.3 is 5.97 Å². The normalized spacial score (nSPS) is 15.1. The quantitative estimate of drug-likeness (QED) is 0.856. The summed E-state index contributed by atoms with van der Waals surface area (Å²) in [6.07, 6.45) is 0.684. The van der Waals surface area contributed by atoms with Crippen LogP contribution in [0.15, 0.2) is 60.7 Å². The molecule has 0 aromatic heterocycles. The number of aliphatic hydroxyl groups is 1. The summed E-state index contributed by atoms with van der Waals surface area (Å²) in [7, 11) is 0. The largest absolute Gasteiger partial charge is 0.481 e. The second-order valence-corrected chi connectivity index (χ2v) is 5.30. The summed E-state index contributed by atoms with van der Waals surface area (Å²) in [6.45, 7) is 1.82. The highest BCUT2D eigenvalue weighted by molar-refractivity contribution is 5.78. The van der Waals surface area contributed by atoms with Gasteiger partial charge in [-0.2, -0.15) is 0 Å². The van der Waals surface area contributed by atoms with Crippen LogP contribution in [-0.2, 0) is 11.2 Å². The fourth-order valence-corrected chi connectivity index (χ4v) is 2.71. The molecule has 3 nitrogen and oxygen atoms in total. The van der Waals surface area contributed by atoms with E-state index in [4.69, 9.17) is 0 Å². The summed E-state index contributed by atoms with van der Waals surface area (Å²) in [5.41, 5.74) is 0.253. The maximum atomic E-state index is 11.7. The number of hydrogen-bond acceptors (Lipinski definition) is 2. The topological polar surface area (TPSA) is 57.5 Å². The zero-order valence-corrected chi connectivity index (χ0v) is 12.1. The summed E-state index contributed by atoms with van der Waals surface area (Å²) in [6, 6.07) is 18.4. The van der Waals surface area contributed by atoms with E-state index in [0.29, 0.717) is 18.4 Å². The fourth-order valence-electron chi connectivity index (χ4n) is 2.71. The van der Waals surface area contributed by atoms with Crippen molar-refractivity contribution >= 4 is 5.97 Å². The number of benzene rings is 2. The molecule has 0 saturated carbocycles. The molecule has 0 unspecified atom stereocenters.